The number of ether oxygens (including phenoxy) is 1. The highest BCUT2D eigenvalue weighted by Gasteiger charge is 2.32. The number of carbonyl (C=O) groups is 1. The molecule has 0 bridgehead atoms. The van der Waals surface area contributed by atoms with Gasteiger partial charge >= 0.3 is 6.09 Å². The third-order valence-corrected chi connectivity index (χ3v) is 5.48. The molecule has 2 atom stereocenters. The van der Waals surface area contributed by atoms with Gasteiger partial charge in [-0.15, -0.1) is 24.0 Å². The SMILES string of the molecule is CCNC(=NCC(c1ccco1)N1CCCC1)NCC(NC(=O)OCC)C1CC1.I. The van der Waals surface area contributed by atoms with Crippen molar-refractivity contribution in [3.8, 4) is 0 Å². The molecule has 1 aromatic heterocycles. The van der Waals surface area contributed by atoms with Crippen LogP contribution in [0.4, 0.5) is 4.79 Å². The molecule has 0 spiro atoms. The molecule has 2 heterocycles. The van der Waals surface area contributed by atoms with Crippen molar-refractivity contribution in [3.05, 3.63) is 24.2 Å². The van der Waals surface area contributed by atoms with Gasteiger partial charge in [0.1, 0.15) is 5.76 Å². The number of furan rings is 1. The fourth-order valence-electron chi connectivity index (χ4n) is 3.80. The molecule has 1 aliphatic carbocycles. The van der Waals surface area contributed by atoms with Crippen LogP contribution in [-0.2, 0) is 4.74 Å². The Morgan fingerprint density at radius 3 is 2.67 bits per heavy atom. The number of likely N-dealkylation sites (tertiary alicyclic amines) is 1. The van der Waals surface area contributed by atoms with Gasteiger partial charge in [0.25, 0.3) is 0 Å². The lowest BCUT2D eigenvalue weighted by Gasteiger charge is -2.25. The molecule has 0 radical (unpaired) electrons. The maximum absolute atomic E-state index is 11.8. The highest BCUT2D eigenvalue weighted by Crippen LogP contribution is 2.32. The summed E-state index contributed by atoms with van der Waals surface area (Å²) in [5.74, 6) is 2.24. The first-order valence-electron chi connectivity index (χ1n) is 10.9. The van der Waals surface area contributed by atoms with Crippen molar-refractivity contribution in [3.63, 3.8) is 0 Å². The number of nitrogens with one attached hydrogen (secondary N) is 3. The van der Waals surface area contributed by atoms with Crippen molar-refractivity contribution < 1.29 is 13.9 Å². The Morgan fingerprint density at radius 1 is 1.30 bits per heavy atom. The van der Waals surface area contributed by atoms with E-state index in [1.807, 2.05) is 19.1 Å². The standard InChI is InChI=1S/C21H35N5O3.HI/c1-3-22-20(23-14-17(16-9-10-16)25-21(27)28-4-2)24-15-18(19-8-7-13-29-19)26-11-5-6-12-26;/h7-8,13,16-18H,3-6,9-12,14-15H2,1-2H3,(H,25,27)(H2,22,23,24);1H. The first kappa shape index (κ1) is 24.8. The van der Waals surface area contributed by atoms with Crippen molar-refractivity contribution in [2.75, 3.05) is 39.3 Å². The van der Waals surface area contributed by atoms with Crippen molar-refractivity contribution >= 4 is 36.0 Å². The van der Waals surface area contributed by atoms with E-state index >= 15 is 0 Å². The van der Waals surface area contributed by atoms with Crippen LogP contribution in [0.5, 0.6) is 0 Å². The molecule has 30 heavy (non-hydrogen) atoms. The van der Waals surface area contributed by atoms with Crippen molar-refractivity contribution in [2.45, 2.75) is 51.6 Å². The van der Waals surface area contributed by atoms with Crippen LogP contribution in [0, 0.1) is 5.92 Å². The van der Waals surface area contributed by atoms with Crippen LogP contribution in [0.25, 0.3) is 0 Å². The monoisotopic (exact) mass is 533 g/mol. The summed E-state index contributed by atoms with van der Waals surface area (Å²) in [5.41, 5.74) is 0. The van der Waals surface area contributed by atoms with Crippen LogP contribution in [0.15, 0.2) is 27.8 Å². The number of guanidine groups is 1. The smallest absolute Gasteiger partial charge is 0.407 e. The molecule has 3 N–H and O–H groups in total. The number of hydrogen-bond acceptors (Lipinski definition) is 5. The predicted molar refractivity (Wildman–Crippen MR) is 128 cm³/mol. The Labute approximate surface area is 196 Å². The lowest BCUT2D eigenvalue weighted by Crippen LogP contribution is -2.48. The average Bonchev–Trinajstić information content (AvgIpc) is 3.17. The zero-order valence-corrected chi connectivity index (χ0v) is 20.4. The number of nitrogens with zero attached hydrogens (tertiary/aromatic N) is 2. The minimum absolute atomic E-state index is 0. The third kappa shape index (κ3) is 7.64. The van der Waals surface area contributed by atoms with Gasteiger partial charge in [-0.3, -0.25) is 9.89 Å². The second-order valence-electron chi connectivity index (χ2n) is 7.68. The Balaban J connectivity index is 0.00000320. The fraction of sp³-hybridized carbons (Fsp3) is 0.714. The third-order valence-electron chi connectivity index (χ3n) is 5.48. The fourth-order valence-corrected chi connectivity index (χ4v) is 3.80. The second-order valence-corrected chi connectivity index (χ2v) is 7.68. The van der Waals surface area contributed by atoms with Crippen molar-refractivity contribution in [2.24, 2.45) is 10.9 Å². The summed E-state index contributed by atoms with van der Waals surface area (Å²) in [4.78, 5) is 19.1. The Kier molecular flexibility index (Phi) is 10.8. The van der Waals surface area contributed by atoms with Gasteiger partial charge in [0.15, 0.2) is 5.96 Å². The van der Waals surface area contributed by atoms with E-state index in [4.69, 9.17) is 14.1 Å². The summed E-state index contributed by atoms with van der Waals surface area (Å²) < 4.78 is 10.7. The minimum atomic E-state index is -0.347. The Hall–Kier alpha value is -1.49. The van der Waals surface area contributed by atoms with Crippen molar-refractivity contribution in [1.82, 2.24) is 20.9 Å². The first-order chi connectivity index (χ1) is 14.2. The van der Waals surface area contributed by atoms with Crippen molar-refractivity contribution in [1.29, 1.82) is 0 Å². The molecule has 1 saturated heterocycles. The normalized spacial score (nSPS) is 18.9. The minimum Gasteiger partial charge on any atom is -0.468 e. The Morgan fingerprint density at radius 2 is 2.07 bits per heavy atom. The number of halogens is 1. The highest BCUT2D eigenvalue weighted by atomic mass is 127. The summed E-state index contributed by atoms with van der Waals surface area (Å²) in [6.45, 7) is 8.45. The van der Waals surface area contributed by atoms with Crippen LogP contribution >= 0.6 is 24.0 Å². The number of alkyl carbamates (subject to hydrolysis) is 1. The van der Waals surface area contributed by atoms with Gasteiger partial charge in [-0.25, -0.2) is 4.79 Å². The number of rotatable bonds is 10. The van der Waals surface area contributed by atoms with E-state index in [-0.39, 0.29) is 42.2 Å². The highest BCUT2D eigenvalue weighted by molar-refractivity contribution is 14.0. The van der Waals surface area contributed by atoms with E-state index < -0.39 is 0 Å². The predicted octanol–water partition coefficient (Wildman–Crippen LogP) is 3.11. The molecule has 8 nitrogen and oxygen atoms in total. The van der Waals surface area contributed by atoms with Crippen LogP contribution in [0.3, 0.4) is 0 Å². The molecular formula is C21H36IN5O3. The average molecular weight is 533 g/mol. The van der Waals surface area contributed by atoms with Crippen LogP contribution in [-0.4, -0.2) is 62.3 Å². The Bertz CT molecular complexity index is 645. The molecule has 1 saturated carbocycles. The summed E-state index contributed by atoms with van der Waals surface area (Å²) in [7, 11) is 0. The van der Waals surface area contributed by atoms with E-state index in [0.717, 1.165) is 44.2 Å². The molecule has 2 unspecified atom stereocenters. The molecule has 0 aromatic carbocycles. The van der Waals surface area contributed by atoms with Crippen LogP contribution in [0.2, 0.25) is 0 Å². The molecule has 170 valence electrons. The molecule has 2 aliphatic rings. The van der Waals surface area contributed by atoms with Gasteiger partial charge in [0.2, 0.25) is 0 Å². The maximum Gasteiger partial charge on any atom is 0.407 e. The largest absolute Gasteiger partial charge is 0.468 e. The molecule has 1 aliphatic heterocycles. The molecular weight excluding hydrogens is 497 g/mol. The van der Waals surface area contributed by atoms with E-state index in [1.54, 1.807) is 6.26 Å². The second kappa shape index (κ2) is 13.0. The van der Waals surface area contributed by atoms with E-state index in [0.29, 0.717) is 25.6 Å². The first-order valence-corrected chi connectivity index (χ1v) is 10.9. The quantitative estimate of drug-likeness (QED) is 0.243. The van der Waals surface area contributed by atoms with E-state index in [9.17, 15) is 4.79 Å². The summed E-state index contributed by atoms with van der Waals surface area (Å²) >= 11 is 0. The maximum atomic E-state index is 11.8. The topological polar surface area (TPSA) is 91.1 Å². The van der Waals surface area contributed by atoms with Gasteiger partial charge in [0.05, 0.1) is 31.5 Å². The number of carbonyl (C=O) groups excluding carboxylic acids is 1. The lowest BCUT2D eigenvalue weighted by atomic mass is 10.2. The number of aliphatic imine (C=N–C) groups is 1. The molecule has 1 amide bonds. The zero-order chi connectivity index (χ0) is 20.5. The molecule has 3 rings (SSSR count). The summed E-state index contributed by atoms with van der Waals surface area (Å²) in [6.07, 6.45) is 6.11. The molecule has 2 fully saturated rings. The number of hydrogen-bond donors (Lipinski definition) is 3. The molecule has 1 aromatic rings. The van der Waals surface area contributed by atoms with Gasteiger partial charge in [0, 0.05) is 13.1 Å². The summed E-state index contributed by atoms with van der Waals surface area (Å²) in [5, 5.41) is 9.69. The van der Waals surface area contributed by atoms with Gasteiger partial charge in [-0.05, 0) is 70.7 Å². The lowest BCUT2D eigenvalue weighted by molar-refractivity contribution is 0.146. The van der Waals surface area contributed by atoms with Gasteiger partial charge < -0.3 is 25.1 Å². The van der Waals surface area contributed by atoms with Crippen LogP contribution < -0.4 is 16.0 Å². The van der Waals surface area contributed by atoms with Crippen LogP contribution in [0.1, 0.15) is 51.3 Å². The molecule has 9 heteroatoms. The van der Waals surface area contributed by atoms with Gasteiger partial charge in [-0.2, -0.15) is 0 Å². The zero-order valence-electron chi connectivity index (χ0n) is 18.1. The van der Waals surface area contributed by atoms with E-state index in [2.05, 4.69) is 27.8 Å². The number of amides is 1. The summed E-state index contributed by atoms with van der Waals surface area (Å²) in [6, 6.07) is 4.18. The van der Waals surface area contributed by atoms with Gasteiger partial charge in [-0.1, -0.05) is 0 Å². The van der Waals surface area contributed by atoms with E-state index in [1.165, 1.54) is 12.8 Å².